The van der Waals surface area contributed by atoms with Crippen LogP contribution in [0.2, 0.25) is 0 Å². The van der Waals surface area contributed by atoms with Crippen molar-refractivity contribution < 1.29 is 28.4 Å². The molecule has 0 heterocycles. The maximum absolute atomic E-state index is 12.6. The third-order valence-corrected chi connectivity index (χ3v) is 8.95. The number of aliphatic hydroxyl groups excluding tert-OH is 1. The summed E-state index contributed by atoms with van der Waals surface area (Å²) in [5.74, 6) is -0.165. The third-order valence-electron chi connectivity index (χ3n) is 7.96. The van der Waals surface area contributed by atoms with Crippen molar-refractivity contribution in [3.05, 3.63) is 0 Å². The normalized spacial score (nSPS) is 14.5. The number of aliphatic hydroxyl groups is 1. The molecule has 3 atom stereocenters. The maximum atomic E-state index is 12.6. The van der Waals surface area contributed by atoms with Crippen LogP contribution >= 0.6 is 7.82 Å². The van der Waals surface area contributed by atoms with Gasteiger partial charge in [-0.25, -0.2) is 4.57 Å². The van der Waals surface area contributed by atoms with Gasteiger partial charge in [0.1, 0.15) is 0 Å². The zero-order valence-corrected chi connectivity index (χ0v) is 28.4. The van der Waals surface area contributed by atoms with Gasteiger partial charge in [-0.1, -0.05) is 155 Å². The Kier molecular flexibility index (Phi) is 30.2. The second-order valence-corrected chi connectivity index (χ2v) is 13.5. The van der Waals surface area contributed by atoms with Crippen LogP contribution in [-0.2, 0) is 18.4 Å². The van der Waals surface area contributed by atoms with Crippen LogP contribution in [0, 0.1) is 0 Å². The number of amides is 1. The summed E-state index contributed by atoms with van der Waals surface area (Å²) in [4.78, 5) is 22.5. The maximum Gasteiger partial charge on any atom is 0.472 e. The number of carbonyl (C=O) groups excluding carboxylic acids is 1. The van der Waals surface area contributed by atoms with E-state index in [2.05, 4.69) is 19.2 Å². The number of hydrogen-bond donors (Lipinski definition) is 4. The highest BCUT2D eigenvalue weighted by atomic mass is 31.2. The van der Waals surface area contributed by atoms with E-state index in [0.717, 1.165) is 38.5 Å². The molecule has 3 unspecified atom stereocenters. The fraction of sp³-hybridized carbons (Fsp3) is 0.970. The quantitative estimate of drug-likeness (QED) is 0.0426. The number of phosphoric acid groups is 1. The van der Waals surface area contributed by atoms with Crippen LogP contribution in [0.5, 0.6) is 0 Å². The number of rotatable bonds is 33. The van der Waals surface area contributed by atoms with Gasteiger partial charge in [-0.3, -0.25) is 13.8 Å². The second kappa shape index (κ2) is 30.5. The van der Waals surface area contributed by atoms with Crippen LogP contribution in [0.15, 0.2) is 0 Å². The number of unbranched alkanes of at least 4 members (excludes halogenated alkanes) is 21. The molecular formula is C33H69N2O6P. The molecule has 0 aromatic carbocycles. The number of phosphoric ester groups is 1. The minimum absolute atomic E-state index is 0.0918. The Morgan fingerprint density at radius 2 is 1.10 bits per heavy atom. The molecule has 0 aromatic heterocycles. The van der Waals surface area contributed by atoms with Crippen molar-refractivity contribution in [2.24, 2.45) is 5.73 Å². The highest BCUT2D eigenvalue weighted by molar-refractivity contribution is 7.47. The van der Waals surface area contributed by atoms with Crippen molar-refractivity contribution >= 4 is 13.7 Å². The Balaban J connectivity index is 4.25. The Morgan fingerprint density at radius 3 is 1.52 bits per heavy atom. The largest absolute Gasteiger partial charge is 0.472 e. The van der Waals surface area contributed by atoms with E-state index < -0.39 is 20.0 Å². The van der Waals surface area contributed by atoms with E-state index in [-0.39, 0.29) is 25.7 Å². The summed E-state index contributed by atoms with van der Waals surface area (Å²) in [6, 6.07) is -0.764. The summed E-state index contributed by atoms with van der Waals surface area (Å²) in [5.41, 5.74) is 5.34. The minimum Gasteiger partial charge on any atom is -0.391 e. The van der Waals surface area contributed by atoms with Crippen molar-refractivity contribution in [3.63, 3.8) is 0 Å². The Morgan fingerprint density at radius 1 is 0.690 bits per heavy atom. The molecule has 0 aliphatic rings. The number of nitrogens with two attached hydrogens (primary N) is 1. The molecule has 0 saturated carbocycles. The van der Waals surface area contributed by atoms with Crippen LogP contribution in [-0.4, -0.2) is 47.8 Å². The lowest BCUT2D eigenvalue weighted by molar-refractivity contribution is -0.123. The van der Waals surface area contributed by atoms with E-state index in [9.17, 15) is 19.4 Å². The Labute approximate surface area is 259 Å². The standard InChI is InChI=1S/C33H69N2O6P/c1-3-5-7-9-11-13-14-15-16-17-19-20-22-24-26-32(36)31(30-41-42(38,39)40-29-28-34)35-33(37)27-25-23-21-18-12-10-8-6-4-2/h31-32,36H,3-30,34H2,1-2H3,(H,35,37)(H,38,39). The summed E-state index contributed by atoms with van der Waals surface area (Å²) in [6.45, 7) is 4.17. The smallest absolute Gasteiger partial charge is 0.391 e. The van der Waals surface area contributed by atoms with E-state index in [1.807, 2.05) is 0 Å². The van der Waals surface area contributed by atoms with Gasteiger partial charge in [0, 0.05) is 13.0 Å². The Hall–Kier alpha value is -0.500. The second-order valence-electron chi connectivity index (χ2n) is 12.1. The molecule has 8 nitrogen and oxygen atoms in total. The van der Waals surface area contributed by atoms with Gasteiger partial charge in [0.05, 0.1) is 25.4 Å². The molecule has 5 N–H and O–H groups in total. The first-order chi connectivity index (χ1) is 20.4. The molecule has 1 amide bonds. The predicted molar refractivity (Wildman–Crippen MR) is 175 cm³/mol. The lowest BCUT2D eigenvalue weighted by Crippen LogP contribution is -2.46. The van der Waals surface area contributed by atoms with E-state index in [1.54, 1.807) is 0 Å². The van der Waals surface area contributed by atoms with Crippen LogP contribution < -0.4 is 11.1 Å². The van der Waals surface area contributed by atoms with Crippen molar-refractivity contribution in [1.29, 1.82) is 0 Å². The van der Waals surface area contributed by atoms with Crippen LogP contribution in [0.25, 0.3) is 0 Å². The number of hydrogen-bond acceptors (Lipinski definition) is 6. The fourth-order valence-corrected chi connectivity index (χ4v) is 6.01. The van der Waals surface area contributed by atoms with Gasteiger partial charge in [0.2, 0.25) is 5.91 Å². The molecule has 0 aromatic rings. The molecule has 0 aliphatic heterocycles. The highest BCUT2D eigenvalue weighted by Crippen LogP contribution is 2.43. The first-order valence-electron chi connectivity index (χ1n) is 17.7. The van der Waals surface area contributed by atoms with Gasteiger partial charge in [0.15, 0.2) is 0 Å². The van der Waals surface area contributed by atoms with Gasteiger partial charge < -0.3 is 21.1 Å². The molecule has 0 radical (unpaired) electrons. The van der Waals surface area contributed by atoms with Gasteiger partial charge >= 0.3 is 7.82 Å². The molecule has 0 fully saturated rings. The van der Waals surface area contributed by atoms with Crippen molar-refractivity contribution in [2.45, 2.75) is 187 Å². The summed E-state index contributed by atoms with van der Waals surface area (Å²) < 4.78 is 22.0. The van der Waals surface area contributed by atoms with Gasteiger partial charge in [-0.15, -0.1) is 0 Å². The fourth-order valence-electron chi connectivity index (χ4n) is 5.25. The average Bonchev–Trinajstić information content (AvgIpc) is 2.97. The molecule has 0 saturated heterocycles. The molecule has 0 bridgehead atoms. The summed E-state index contributed by atoms with van der Waals surface area (Å²) in [6.07, 6.45) is 28.2. The number of carbonyl (C=O) groups is 1. The molecule has 0 aliphatic carbocycles. The van der Waals surface area contributed by atoms with Gasteiger partial charge in [-0.05, 0) is 12.8 Å². The minimum atomic E-state index is -4.29. The van der Waals surface area contributed by atoms with Gasteiger partial charge in [0.25, 0.3) is 0 Å². The lowest BCUT2D eigenvalue weighted by Gasteiger charge is -2.25. The SMILES string of the molecule is CCCCCCCCCCCCCCCCC(O)C(COP(=O)(O)OCCN)NC(=O)CCCCCCCCCCC. The van der Waals surface area contributed by atoms with Crippen molar-refractivity contribution in [3.8, 4) is 0 Å². The molecule has 0 rings (SSSR count). The molecule has 252 valence electrons. The molecular weight excluding hydrogens is 551 g/mol. The molecule has 9 heteroatoms. The molecule has 0 spiro atoms. The summed E-state index contributed by atoms with van der Waals surface area (Å²) in [5, 5.41) is 13.7. The topological polar surface area (TPSA) is 131 Å². The average molecular weight is 621 g/mol. The van der Waals surface area contributed by atoms with E-state index in [4.69, 9.17) is 14.8 Å². The monoisotopic (exact) mass is 620 g/mol. The first kappa shape index (κ1) is 41.5. The predicted octanol–water partition coefficient (Wildman–Crippen LogP) is 8.72. The summed E-state index contributed by atoms with van der Waals surface area (Å²) >= 11 is 0. The third kappa shape index (κ3) is 28.3. The van der Waals surface area contributed by atoms with E-state index >= 15 is 0 Å². The zero-order chi connectivity index (χ0) is 31.2. The van der Waals surface area contributed by atoms with Crippen LogP contribution in [0.3, 0.4) is 0 Å². The zero-order valence-electron chi connectivity index (χ0n) is 27.5. The lowest BCUT2D eigenvalue weighted by atomic mass is 10.0. The highest BCUT2D eigenvalue weighted by Gasteiger charge is 2.27. The van der Waals surface area contributed by atoms with E-state index in [0.29, 0.717) is 12.8 Å². The van der Waals surface area contributed by atoms with Crippen LogP contribution in [0.1, 0.15) is 174 Å². The first-order valence-corrected chi connectivity index (χ1v) is 19.1. The van der Waals surface area contributed by atoms with Crippen molar-refractivity contribution in [2.75, 3.05) is 19.8 Å². The molecule has 42 heavy (non-hydrogen) atoms. The van der Waals surface area contributed by atoms with Gasteiger partial charge in [-0.2, -0.15) is 0 Å². The number of nitrogens with one attached hydrogen (secondary N) is 1. The van der Waals surface area contributed by atoms with Crippen LogP contribution in [0.4, 0.5) is 0 Å². The Bertz CT molecular complexity index is 640. The summed E-state index contributed by atoms with van der Waals surface area (Å²) in [7, 11) is -4.29. The van der Waals surface area contributed by atoms with Crippen molar-refractivity contribution in [1.82, 2.24) is 5.32 Å². The van der Waals surface area contributed by atoms with E-state index in [1.165, 1.54) is 109 Å².